The zero-order valence-electron chi connectivity index (χ0n) is 8.80. The van der Waals surface area contributed by atoms with Crippen LogP contribution in [0, 0.1) is 11.3 Å². The minimum Gasteiger partial charge on any atom is -0.497 e. The molecule has 0 radical (unpaired) electrons. The topological polar surface area (TPSA) is 45.9 Å². The van der Waals surface area contributed by atoms with Gasteiger partial charge in [0.1, 0.15) is 10.8 Å². The van der Waals surface area contributed by atoms with Gasteiger partial charge in [0.2, 0.25) is 0 Å². The van der Waals surface area contributed by atoms with Crippen LogP contribution in [0.3, 0.4) is 0 Å². The fourth-order valence-electron chi connectivity index (χ4n) is 1.34. The molecule has 4 heteroatoms. The molecule has 3 nitrogen and oxygen atoms in total. The number of methoxy groups -OCH3 is 1. The van der Waals surface area contributed by atoms with E-state index in [4.69, 9.17) is 10.00 Å². The Balaban J connectivity index is 2.25. The SMILES string of the molecule is COc1ccc(-c2nc(CC#N)cs2)cc1. The molecule has 0 unspecified atom stereocenters. The summed E-state index contributed by atoms with van der Waals surface area (Å²) in [5.41, 5.74) is 1.88. The van der Waals surface area contributed by atoms with Crippen LogP contribution >= 0.6 is 11.3 Å². The molecular weight excluding hydrogens is 220 g/mol. The van der Waals surface area contributed by atoms with Gasteiger partial charge in [-0.1, -0.05) is 0 Å². The molecule has 80 valence electrons. The summed E-state index contributed by atoms with van der Waals surface area (Å²) < 4.78 is 5.09. The van der Waals surface area contributed by atoms with E-state index in [1.54, 1.807) is 18.4 Å². The van der Waals surface area contributed by atoms with Crippen molar-refractivity contribution in [2.75, 3.05) is 7.11 Å². The highest BCUT2D eigenvalue weighted by Crippen LogP contribution is 2.25. The van der Waals surface area contributed by atoms with Gasteiger partial charge in [0, 0.05) is 10.9 Å². The van der Waals surface area contributed by atoms with Crippen molar-refractivity contribution in [1.82, 2.24) is 4.98 Å². The molecular formula is C12H10N2OS. The second kappa shape index (κ2) is 4.77. The summed E-state index contributed by atoms with van der Waals surface area (Å²) in [7, 11) is 1.64. The van der Waals surface area contributed by atoms with Crippen molar-refractivity contribution in [3.05, 3.63) is 35.3 Å². The molecule has 16 heavy (non-hydrogen) atoms. The van der Waals surface area contributed by atoms with Crippen LogP contribution < -0.4 is 4.74 Å². The van der Waals surface area contributed by atoms with Crippen LogP contribution in [0.25, 0.3) is 10.6 Å². The number of nitrogens with zero attached hydrogens (tertiary/aromatic N) is 2. The molecule has 0 amide bonds. The first-order valence-electron chi connectivity index (χ1n) is 4.79. The molecule has 1 heterocycles. The van der Waals surface area contributed by atoms with Gasteiger partial charge < -0.3 is 4.74 Å². The van der Waals surface area contributed by atoms with Gasteiger partial charge in [-0.25, -0.2) is 4.98 Å². The smallest absolute Gasteiger partial charge is 0.123 e. The Morgan fingerprint density at radius 2 is 2.12 bits per heavy atom. The van der Waals surface area contributed by atoms with E-state index in [-0.39, 0.29) is 0 Å². The maximum absolute atomic E-state index is 8.57. The molecule has 2 aromatic rings. The molecule has 0 aliphatic carbocycles. The lowest BCUT2D eigenvalue weighted by Crippen LogP contribution is -1.83. The zero-order chi connectivity index (χ0) is 11.4. The third-order valence-corrected chi connectivity index (χ3v) is 3.09. The van der Waals surface area contributed by atoms with Crippen LogP contribution in [0.1, 0.15) is 5.69 Å². The van der Waals surface area contributed by atoms with Crippen LogP contribution in [0.2, 0.25) is 0 Å². The maximum Gasteiger partial charge on any atom is 0.123 e. The summed E-state index contributed by atoms with van der Waals surface area (Å²) in [5, 5.41) is 11.4. The molecule has 0 saturated heterocycles. The molecule has 0 atom stereocenters. The highest BCUT2D eigenvalue weighted by Gasteiger charge is 2.04. The van der Waals surface area contributed by atoms with E-state index in [9.17, 15) is 0 Å². The molecule has 0 N–H and O–H groups in total. The predicted octanol–water partition coefficient (Wildman–Crippen LogP) is 2.88. The summed E-state index contributed by atoms with van der Waals surface area (Å²) in [4.78, 5) is 4.38. The maximum atomic E-state index is 8.57. The van der Waals surface area contributed by atoms with Crippen molar-refractivity contribution in [1.29, 1.82) is 5.26 Å². The first-order valence-corrected chi connectivity index (χ1v) is 5.67. The van der Waals surface area contributed by atoms with Crippen LogP contribution in [0.15, 0.2) is 29.6 Å². The molecule has 2 rings (SSSR count). The summed E-state index contributed by atoms with van der Waals surface area (Å²) in [6.45, 7) is 0. The number of hydrogen-bond acceptors (Lipinski definition) is 4. The van der Waals surface area contributed by atoms with Crippen molar-refractivity contribution in [2.45, 2.75) is 6.42 Å². The second-order valence-corrected chi connectivity index (χ2v) is 4.07. The Labute approximate surface area is 97.9 Å². The summed E-state index contributed by atoms with van der Waals surface area (Å²) >= 11 is 1.55. The molecule has 0 spiro atoms. The van der Waals surface area contributed by atoms with Gasteiger partial charge in [0.15, 0.2) is 0 Å². The van der Waals surface area contributed by atoms with Crippen LogP contribution in [0.4, 0.5) is 0 Å². The minimum atomic E-state index is 0.368. The van der Waals surface area contributed by atoms with Gasteiger partial charge in [-0.3, -0.25) is 0 Å². The fourth-order valence-corrected chi connectivity index (χ4v) is 2.16. The largest absolute Gasteiger partial charge is 0.497 e. The van der Waals surface area contributed by atoms with Crippen LogP contribution in [-0.2, 0) is 6.42 Å². The number of rotatable bonds is 3. The number of ether oxygens (including phenoxy) is 1. The van der Waals surface area contributed by atoms with E-state index in [0.29, 0.717) is 6.42 Å². The Morgan fingerprint density at radius 3 is 2.75 bits per heavy atom. The average Bonchev–Trinajstić information content (AvgIpc) is 2.78. The van der Waals surface area contributed by atoms with E-state index < -0.39 is 0 Å². The van der Waals surface area contributed by atoms with Gasteiger partial charge in [0.25, 0.3) is 0 Å². The quantitative estimate of drug-likeness (QED) is 0.814. The number of thiazole rings is 1. The first-order chi connectivity index (χ1) is 7.83. The number of nitriles is 1. The zero-order valence-corrected chi connectivity index (χ0v) is 9.62. The van der Waals surface area contributed by atoms with Gasteiger partial charge in [0.05, 0.1) is 25.3 Å². The Morgan fingerprint density at radius 1 is 1.38 bits per heavy atom. The lowest BCUT2D eigenvalue weighted by molar-refractivity contribution is 0.415. The second-order valence-electron chi connectivity index (χ2n) is 3.21. The lowest BCUT2D eigenvalue weighted by atomic mass is 10.2. The highest BCUT2D eigenvalue weighted by atomic mass is 32.1. The number of hydrogen-bond donors (Lipinski definition) is 0. The normalized spacial score (nSPS) is 9.75. The number of benzene rings is 1. The predicted molar refractivity (Wildman–Crippen MR) is 63.4 cm³/mol. The molecule has 0 saturated carbocycles. The third-order valence-electron chi connectivity index (χ3n) is 2.15. The van der Waals surface area contributed by atoms with Crippen molar-refractivity contribution < 1.29 is 4.74 Å². The average molecular weight is 230 g/mol. The van der Waals surface area contributed by atoms with Crippen molar-refractivity contribution in [3.8, 4) is 22.4 Å². The number of aromatic nitrogens is 1. The molecule has 0 fully saturated rings. The molecule has 0 aliphatic heterocycles. The van der Waals surface area contributed by atoms with Crippen LogP contribution in [0.5, 0.6) is 5.75 Å². The molecule has 1 aromatic carbocycles. The molecule has 0 bridgehead atoms. The van der Waals surface area contributed by atoms with Crippen molar-refractivity contribution in [3.63, 3.8) is 0 Å². The van der Waals surface area contributed by atoms with E-state index >= 15 is 0 Å². The Bertz CT molecular complexity index is 511. The van der Waals surface area contributed by atoms with E-state index in [1.807, 2.05) is 29.6 Å². The van der Waals surface area contributed by atoms with Gasteiger partial charge in [-0.2, -0.15) is 5.26 Å². The van der Waals surface area contributed by atoms with Gasteiger partial charge in [-0.15, -0.1) is 11.3 Å². The lowest BCUT2D eigenvalue weighted by Gasteiger charge is -1.99. The Kier molecular flexibility index (Phi) is 3.18. The molecule has 0 aliphatic rings. The molecule has 1 aromatic heterocycles. The van der Waals surface area contributed by atoms with E-state index in [1.165, 1.54) is 0 Å². The standard InChI is InChI=1S/C12H10N2OS/c1-15-11-4-2-9(3-5-11)12-14-10(6-7-13)8-16-12/h2-5,8H,6H2,1H3. The van der Waals surface area contributed by atoms with Crippen LogP contribution in [-0.4, -0.2) is 12.1 Å². The van der Waals surface area contributed by atoms with E-state index in [2.05, 4.69) is 11.1 Å². The summed E-state index contributed by atoms with van der Waals surface area (Å²) in [6, 6.07) is 9.83. The fraction of sp³-hybridized carbons (Fsp3) is 0.167. The van der Waals surface area contributed by atoms with Crippen molar-refractivity contribution in [2.24, 2.45) is 0 Å². The first kappa shape index (κ1) is 10.7. The van der Waals surface area contributed by atoms with Crippen molar-refractivity contribution >= 4 is 11.3 Å². The van der Waals surface area contributed by atoms with Gasteiger partial charge in [-0.05, 0) is 24.3 Å². The minimum absolute atomic E-state index is 0.368. The highest BCUT2D eigenvalue weighted by molar-refractivity contribution is 7.13. The summed E-state index contributed by atoms with van der Waals surface area (Å²) in [6.07, 6.45) is 0.368. The Hall–Kier alpha value is -1.86. The van der Waals surface area contributed by atoms with Gasteiger partial charge >= 0.3 is 0 Å². The summed E-state index contributed by atoms with van der Waals surface area (Å²) in [5.74, 6) is 0.831. The third kappa shape index (κ3) is 2.20. The monoisotopic (exact) mass is 230 g/mol. The van der Waals surface area contributed by atoms with E-state index in [0.717, 1.165) is 22.0 Å².